The Hall–Kier alpha value is -2.71. The van der Waals surface area contributed by atoms with Crippen LogP contribution in [0.4, 0.5) is 5.69 Å². The van der Waals surface area contributed by atoms with Crippen LogP contribution in [0.15, 0.2) is 29.7 Å². The van der Waals surface area contributed by atoms with Crippen LogP contribution in [0.3, 0.4) is 0 Å². The minimum absolute atomic E-state index is 0.0625. The number of nitro groups is 1. The number of rotatable bonds is 5. The first-order valence-electron chi connectivity index (χ1n) is 7.93. The number of non-ortho nitro benzene ring substituents is 1. The van der Waals surface area contributed by atoms with E-state index in [4.69, 9.17) is 9.47 Å². The molecule has 0 saturated carbocycles. The van der Waals surface area contributed by atoms with E-state index in [2.05, 4.69) is 0 Å². The molecule has 1 aromatic carbocycles. The van der Waals surface area contributed by atoms with Gasteiger partial charge in [0.05, 0.1) is 18.1 Å². The van der Waals surface area contributed by atoms with Crippen LogP contribution in [-0.4, -0.2) is 29.6 Å². The molecule has 26 heavy (non-hydrogen) atoms. The van der Waals surface area contributed by atoms with Gasteiger partial charge in [0.15, 0.2) is 6.79 Å². The maximum absolute atomic E-state index is 12.4. The second-order valence-electron chi connectivity index (χ2n) is 5.95. The van der Waals surface area contributed by atoms with Crippen molar-refractivity contribution in [2.24, 2.45) is 0 Å². The van der Waals surface area contributed by atoms with Gasteiger partial charge in [0.1, 0.15) is 5.75 Å². The number of hydrogen-bond donors (Lipinski definition) is 0. The Bertz CT molecular complexity index is 874. The lowest BCUT2D eigenvalue weighted by Crippen LogP contribution is -2.24. The lowest BCUT2D eigenvalue weighted by molar-refractivity contribution is -0.385. The van der Waals surface area contributed by atoms with Gasteiger partial charge in [-0.05, 0) is 30.0 Å². The van der Waals surface area contributed by atoms with Crippen LogP contribution in [0.25, 0.3) is 6.08 Å². The van der Waals surface area contributed by atoms with E-state index in [9.17, 15) is 14.9 Å². The van der Waals surface area contributed by atoms with E-state index in [0.717, 1.165) is 10.4 Å². The highest BCUT2D eigenvalue weighted by atomic mass is 32.1. The number of likely N-dealkylation sites (N-methyl/N-ethyl adjacent to an activating group) is 1. The van der Waals surface area contributed by atoms with Crippen molar-refractivity contribution >= 4 is 29.0 Å². The summed E-state index contributed by atoms with van der Waals surface area (Å²) < 4.78 is 10.6. The average molecular weight is 374 g/mol. The molecule has 1 aliphatic rings. The molecule has 0 aliphatic carbocycles. The molecule has 0 saturated heterocycles. The number of carbonyl (C=O) groups excluding carboxylic acids is 1. The standard InChI is InChI=1S/C18H18N2O5S/c1-12-5-6-26-16(12)9-19(2)17(21)4-3-13-7-15(20(22)23)8-14-10-24-11-25-18(13)14/h3-8H,9-11H2,1-2H3/b4-3+. The van der Waals surface area contributed by atoms with E-state index in [1.807, 2.05) is 18.4 Å². The Balaban J connectivity index is 1.80. The highest BCUT2D eigenvalue weighted by Gasteiger charge is 2.20. The Labute approximate surface area is 154 Å². The maximum atomic E-state index is 12.4. The van der Waals surface area contributed by atoms with E-state index in [1.54, 1.807) is 29.4 Å². The fraction of sp³-hybridized carbons (Fsp3) is 0.278. The summed E-state index contributed by atoms with van der Waals surface area (Å²) in [5, 5.41) is 13.1. The van der Waals surface area contributed by atoms with Crippen LogP contribution in [0, 0.1) is 17.0 Å². The van der Waals surface area contributed by atoms with E-state index in [0.29, 0.717) is 23.4 Å². The second kappa shape index (κ2) is 7.67. The van der Waals surface area contributed by atoms with Crippen LogP contribution in [0.1, 0.15) is 21.6 Å². The van der Waals surface area contributed by atoms with Gasteiger partial charge in [-0.2, -0.15) is 0 Å². The van der Waals surface area contributed by atoms with Gasteiger partial charge in [-0.1, -0.05) is 0 Å². The van der Waals surface area contributed by atoms with Crippen LogP contribution < -0.4 is 4.74 Å². The molecule has 0 bridgehead atoms. The third kappa shape index (κ3) is 3.92. The van der Waals surface area contributed by atoms with Crippen molar-refractivity contribution in [3.63, 3.8) is 0 Å². The molecule has 0 radical (unpaired) electrons. The van der Waals surface area contributed by atoms with Gasteiger partial charge in [0.2, 0.25) is 5.91 Å². The zero-order chi connectivity index (χ0) is 18.7. The average Bonchev–Trinajstić information content (AvgIpc) is 3.03. The molecule has 2 heterocycles. The molecule has 8 heteroatoms. The highest BCUT2D eigenvalue weighted by Crippen LogP contribution is 2.33. The van der Waals surface area contributed by atoms with Crippen LogP contribution >= 0.6 is 11.3 Å². The summed E-state index contributed by atoms with van der Waals surface area (Å²) in [5.41, 5.74) is 2.18. The molecule has 1 aliphatic heterocycles. The van der Waals surface area contributed by atoms with Crippen molar-refractivity contribution in [2.45, 2.75) is 20.1 Å². The lowest BCUT2D eigenvalue weighted by Gasteiger charge is -2.19. The van der Waals surface area contributed by atoms with Crippen molar-refractivity contribution in [3.05, 3.63) is 61.3 Å². The molecule has 0 atom stereocenters. The number of benzene rings is 1. The number of nitro benzene ring substituents is 1. The SMILES string of the molecule is Cc1ccsc1CN(C)C(=O)/C=C/c1cc([N+](=O)[O-])cc2c1OCOC2. The summed E-state index contributed by atoms with van der Waals surface area (Å²) in [6, 6.07) is 4.85. The fourth-order valence-corrected chi connectivity index (χ4v) is 3.57. The summed E-state index contributed by atoms with van der Waals surface area (Å²) in [7, 11) is 1.72. The molecule has 1 aromatic heterocycles. The van der Waals surface area contributed by atoms with E-state index < -0.39 is 4.92 Å². The van der Waals surface area contributed by atoms with Gasteiger partial charge in [-0.25, -0.2) is 0 Å². The topological polar surface area (TPSA) is 81.9 Å². The zero-order valence-electron chi connectivity index (χ0n) is 14.4. The van der Waals surface area contributed by atoms with Crippen molar-refractivity contribution in [1.29, 1.82) is 0 Å². The Kier molecular flexibility index (Phi) is 5.34. The van der Waals surface area contributed by atoms with Gasteiger partial charge in [0, 0.05) is 41.3 Å². The van der Waals surface area contributed by atoms with Crippen LogP contribution in [0.2, 0.25) is 0 Å². The highest BCUT2D eigenvalue weighted by molar-refractivity contribution is 7.10. The molecule has 0 unspecified atom stereocenters. The van der Waals surface area contributed by atoms with Crippen molar-refractivity contribution in [1.82, 2.24) is 4.90 Å². The van der Waals surface area contributed by atoms with Gasteiger partial charge >= 0.3 is 0 Å². The molecule has 7 nitrogen and oxygen atoms in total. The van der Waals surface area contributed by atoms with Gasteiger partial charge < -0.3 is 14.4 Å². The minimum Gasteiger partial charge on any atom is -0.467 e. The Morgan fingerprint density at radius 3 is 2.96 bits per heavy atom. The number of thiophene rings is 1. The van der Waals surface area contributed by atoms with Gasteiger partial charge in [-0.3, -0.25) is 14.9 Å². The summed E-state index contributed by atoms with van der Waals surface area (Å²) >= 11 is 1.61. The number of fused-ring (bicyclic) bond motifs is 1. The first-order valence-corrected chi connectivity index (χ1v) is 8.81. The number of nitrogens with zero attached hydrogens (tertiary/aromatic N) is 2. The predicted octanol–water partition coefficient (Wildman–Crippen LogP) is 3.50. The van der Waals surface area contributed by atoms with Crippen molar-refractivity contribution in [2.75, 3.05) is 13.8 Å². The smallest absolute Gasteiger partial charge is 0.270 e. The molecular formula is C18H18N2O5S. The largest absolute Gasteiger partial charge is 0.467 e. The normalized spacial score (nSPS) is 13.3. The number of ether oxygens (including phenoxy) is 2. The van der Waals surface area contributed by atoms with Crippen molar-refractivity contribution < 1.29 is 19.2 Å². The van der Waals surface area contributed by atoms with Gasteiger partial charge in [-0.15, -0.1) is 11.3 Å². The van der Waals surface area contributed by atoms with Gasteiger partial charge in [0.25, 0.3) is 5.69 Å². The zero-order valence-corrected chi connectivity index (χ0v) is 15.2. The Morgan fingerprint density at radius 1 is 1.46 bits per heavy atom. The second-order valence-corrected chi connectivity index (χ2v) is 6.95. The number of aryl methyl sites for hydroxylation is 1. The van der Waals surface area contributed by atoms with Crippen LogP contribution in [-0.2, 0) is 22.7 Å². The minimum atomic E-state index is -0.472. The fourth-order valence-electron chi connectivity index (χ4n) is 2.61. The van der Waals surface area contributed by atoms with E-state index in [1.165, 1.54) is 18.2 Å². The summed E-state index contributed by atoms with van der Waals surface area (Å²) in [5.74, 6) is 0.327. The Morgan fingerprint density at radius 2 is 2.27 bits per heavy atom. The molecular weight excluding hydrogens is 356 g/mol. The van der Waals surface area contributed by atoms with E-state index in [-0.39, 0.29) is 25.0 Å². The molecule has 136 valence electrons. The number of amides is 1. The van der Waals surface area contributed by atoms with Crippen LogP contribution in [0.5, 0.6) is 5.75 Å². The molecule has 0 N–H and O–H groups in total. The monoisotopic (exact) mass is 374 g/mol. The van der Waals surface area contributed by atoms with Crippen molar-refractivity contribution in [3.8, 4) is 5.75 Å². The molecule has 0 spiro atoms. The molecule has 1 amide bonds. The molecule has 3 rings (SSSR count). The quantitative estimate of drug-likeness (QED) is 0.454. The summed E-state index contributed by atoms with van der Waals surface area (Å²) in [4.78, 5) is 25.8. The predicted molar refractivity (Wildman–Crippen MR) is 97.9 cm³/mol. The number of carbonyl (C=O) groups is 1. The first kappa shape index (κ1) is 18.1. The first-order chi connectivity index (χ1) is 12.5. The maximum Gasteiger partial charge on any atom is 0.270 e. The third-order valence-electron chi connectivity index (χ3n) is 4.06. The van der Waals surface area contributed by atoms with E-state index >= 15 is 0 Å². The third-order valence-corrected chi connectivity index (χ3v) is 5.07. The summed E-state index contributed by atoms with van der Waals surface area (Å²) in [6.07, 6.45) is 2.96. The molecule has 2 aromatic rings. The number of hydrogen-bond acceptors (Lipinski definition) is 6. The lowest BCUT2D eigenvalue weighted by atomic mass is 10.1. The summed E-state index contributed by atoms with van der Waals surface area (Å²) in [6.45, 7) is 2.85. The molecule has 0 fully saturated rings.